The van der Waals surface area contributed by atoms with Gasteiger partial charge in [0.2, 0.25) is 0 Å². The molecule has 0 saturated carbocycles. The molecular formula is C11H15NO3S. The molecule has 0 amide bonds. The minimum atomic E-state index is -0.874. The van der Waals surface area contributed by atoms with Gasteiger partial charge in [0.15, 0.2) is 0 Å². The molecule has 1 unspecified atom stereocenters. The van der Waals surface area contributed by atoms with Gasteiger partial charge in [-0.3, -0.25) is 4.79 Å². The highest BCUT2D eigenvalue weighted by Gasteiger charge is 2.18. The molecule has 5 heteroatoms. The number of hydrogen-bond acceptors (Lipinski definition) is 4. The number of thioether (sulfide) groups is 1. The summed E-state index contributed by atoms with van der Waals surface area (Å²) in [6, 6.07) is 5.48. The zero-order chi connectivity index (χ0) is 12.1. The zero-order valence-corrected chi connectivity index (χ0v) is 10.1. The molecule has 1 rings (SSSR count). The van der Waals surface area contributed by atoms with Crippen LogP contribution < -0.4 is 5.73 Å². The van der Waals surface area contributed by atoms with Crippen molar-refractivity contribution in [3.8, 4) is 0 Å². The van der Waals surface area contributed by atoms with Crippen LogP contribution in [-0.2, 0) is 9.53 Å². The van der Waals surface area contributed by atoms with E-state index in [0.717, 1.165) is 10.5 Å². The normalized spacial score (nSPS) is 12.4. The highest BCUT2D eigenvalue weighted by molar-refractivity contribution is 8.00. The average Bonchev–Trinajstić information content (AvgIpc) is 2.22. The highest BCUT2D eigenvalue weighted by Crippen LogP contribution is 2.26. The third kappa shape index (κ3) is 3.43. The molecule has 0 aliphatic heterocycles. The van der Waals surface area contributed by atoms with Gasteiger partial charge in [-0.2, -0.15) is 0 Å². The van der Waals surface area contributed by atoms with Gasteiger partial charge >= 0.3 is 5.97 Å². The van der Waals surface area contributed by atoms with Crippen LogP contribution in [0.1, 0.15) is 5.56 Å². The molecule has 88 valence electrons. The second-order valence-corrected chi connectivity index (χ2v) is 4.69. The number of anilines is 1. The van der Waals surface area contributed by atoms with Crippen LogP contribution in [0.4, 0.5) is 5.69 Å². The molecule has 16 heavy (non-hydrogen) atoms. The van der Waals surface area contributed by atoms with Crippen molar-refractivity contribution in [2.24, 2.45) is 0 Å². The van der Waals surface area contributed by atoms with Gasteiger partial charge in [0, 0.05) is 17.7 Å². The van der Waals surface area contributed by atoms with Crippen LogP contribution in [-0.4, -0.2) is 30.0 Å². The summed E-state index contributed by atoms with van der Waals surface area (Å²) in [6.07, 6.45) is 0. The number of carbonyl (C=O) groups is 1. The lowest BCUT2D eigenvalue weighted by molar-refractivity contribution is -0.137. The summed E-state index contributed by atoms with van der Waals surface area (Å²) in [4.78, 5) is 11.8. The van der Waals surface area contributed by atoms with Crippen LogP contribution in [0.5, 0.6) is 0 Å². The standard InChI is InChI=1S/C11H15NO3S/c1-7-5-8(3-4-9(7)12)16-10(6-15-2)11(13)14/h3-5,10H,6,12H2,1-2H3,(H,13,14). The van der Waals surface area contributed by atoms with E-state index in [-0.39, 0.29) is 6.61 Å². The van der Waals surface area contributed by atoms with E-state index in [0.29, 0.717) is 5.69 Å². The molecular weight excluding hydrogens is 226 g/mol. The molecule has 4 nitrogen and oxygen atoms in total. The first-order valence-corrected chi connectivity index (χ1v) is 5.67. The third-order valence-corrected chi connectivity index (χ3v) is 3.26. The average molecular weight is 241 g/mol. The van der Waals surface area contributed by atoms with Crippen molar-refractivity contribution in [1.82, 2.24) is 0 Å². The van der Waals surface area contributed by atoms with Crippen LogP contribution in [0.25, 0.3) is 0 Å². The van der Waals surface area contributed by atoms with Crippen LogP contribution in [0.3, 0.4) is 0 Å². The Kier molecular flexibility index (Phi) is 4.64. The number of ether oxygens (including phenoxy) is 1. The van der Waals surface area contributed by atoms with E-state index in [4.69, 9.17) is 15.6 Å². The molecule has 0 aromatic heterocycles. The van der Waals surface area contributed by atoms with Gasteiger partial charge in [-0.15, -0.1) is 11.8 Å². The molecule has 3 N–H and O–H groups in total. The summed E-state index contributed by atoms with van der Waals surface area (Å²) in [5.41, 5.74) is 7.35. The van der Waals surface area contributed by atoms with Gasteiger partial charge in [0.25, 0.3) is 0 Å². The topological polar surface area (TPSA) is 72.5 Å². The number of nitrogen functional groups attached to an aromatic ring is 1. The molecule has 0 aliphatic carbocycles. The molecule has 0 radical (unpaired) electrons. The Bertz CT molecular complexity index is 381. The third-order valence-electron chi connectivity index (χ3n) is 2.11. The summed E-state index contributed by atoms with van der Waals surface area (Å²) in [7, 11) is 1.49. The molecule has 1 aromatic carbocycles. The Morgan fingerprint density at radius 2 is 2.31 bits per heavy atom. The van der Waals surface area contributed by atoms with Crippen molar-refractivity contribution in [1.29, 1.82) is 0 Å². The summed E-state index contributed by atoms with van der Waals surface area (Å²) in [5, 5.41) is 8.37. The lowest BCUT2D eigenvalue weighted by Crippen LogP contribution is -2.21. The lowest BCUT2D eigenvalue weighted by Gasteiger charge is -2.11. The van der Waals surface area contributed by atoms with E-state index in [1.165, 1.54) is 18.9 Å². The van der Waals surface area contributed by atoms with Crippen molar-refractivity contribution in [2.75, 3.05) is 19.5 Å². The predicted octanol–water partition coefficient (Wildman–Crippen LogP) is 1.77. The largest absolute Gasteiger partial charge is 0.480 e. The number of hydrogen-bond donors (Lipinski definition) is 2. The lowest BCUT2D eigenvalue weighted by atomic mass is 10.2. The minimum Gasteiger partial charge on any atom is -0.480 e. The first-order valence-electron chi connectivity index (χ1n) is 4.79. The van der Waals surface area contributed by atoms with Gasteiger partial charge in [-0.05, 0) is 30.7 Å². The summed E-state index contributed by atoms with van der Waals surface area (Å²) in [6.45, 7) is 2.08. The number of aliphatic carboxylic acids is 1. The van der Waals surface area contributed by atoms with E-state index in [1.54, 1.807) is 6.07 Å². The molecule has 0 spiro atoms. The van der Waals surface area contributed by atoms with E-state index in [9.17, 15) is 4.79 Å². The Labute approximate surface area is 98.8 Å². The maximum absolute atomic E-state index is 10.9. The van der Waals surface area contributed by atoms with E-state index >= 15 is 0 Å². The summed E-state index contributed by atoms with van der Waals surface area (Å²) >= 11 is 1.26. The van der Waals surface area contributed by atoms with Crippen molar-refractivity contribution in [3.63, 3.8) is 0 Å². The van der Waals surface area contributed by atoms with Gasteiger partial charge in [0.1, 0.15) is 5.25 Å². The van der Waals surface area contributed by atoms with E-state index in [1.807, 2.05) is 19.1 Å². The Balaban J connectivity index is 2.77. The first kappa shape index (κ1) is 12.9. The first-order chi connectivity index (χ1) is 7.54. The molecule has 0 saturated heterocycles. The van der Waals surface area contributed by atoms with Gasteiger partial charge in [0.05, 0.1) is 6.61 Å². The second-order valence-electron chi connectivity index (χ2n) is 3.42. The SMILES string of the molecule is COCC(Sc1ccc(N)c(C)c1)C(=O)O. The number of nitrogens with two attached hydrogens (primary N) is 1. The number of aryl methyl sites for hydroxylation is 1. The van der Waals surface area contributed by atoms with E-state index < -0.39 is 11.2 Å². The van der Waals surface area contributed by atoms with E-state index in [2.05, 4.69) is 0 Å². The Morgan fingerprint density at radius 1 is 1.62 bits per heavy atom. The van der Waals surface area contributed by atoms with Gasteiger partial charge < -0.3 is 15.6 Å². The number of carboxylic acid groups (broad SMARTS) is 1. The number of benzene rings is 1. The van der Waals surface area contributed by atoms with Gasteiger partial charge in [-0.25, -0.2) is 0 Å². The highest BCUT2D eigenvalue weighted by atomic mass is 32.2. The molecule has 1 aromatic rings. The molecule has 0 bridgehead atoms. The number of carboxylic acids is 1. The summed E-state index contributed by atoms with van der Waals surface area (Å²) in [5.74, 6) is -0.874. The minimum absolute atomic E-state index is 0.184. The maximum atomic E-state index is 10.9. The molecule has 0 heterocycles. The van der Waals surface area contributed by atoms with Crippen LogP contribution in [0.2, 0.25) is 0 Å². The predicted molar refractivity (Wildman–Crippen MR) is 64.7 cm³/mol. The maximum Gasteiger partial charge on any atom is 0.319 e. The van der Waals surface area contributed by atoms with Crippen molar-refractivity contribution in [2.45, 2.75) is 17.1 Å². The van der Waals surface area contributed by atoms with Gasteiger partial charge in [-0.1, -0.05) is 0 Å². The molecule has 0 fully saturated rings. The van der Waals surface area contributed by atoms with Crippen molar-refractivity contribution >= 4 is 23.4 Å². The summed E-state index contributed by atoms with van der Waals surface area (Å²) < 4.78 is 4.87. The quantitative estimate of drug-likeness (QED) is 0.607. The smallest absolute Gasteiger partial charge is 0.319 e. The Morgan fingerprint density at radius 3 is 2.81 bits per heavy atom. The van der Waals surface area contributed by atoms with Crippen molar-refractivity contribution in [3.05, 3.63) is 23.8 Å². The monoisotopic (exact) mass is 241 g/mol. The van der Waals surface area contributed by atoms with Crippen LogP contribution in [0, 0.1) is 6.92 Å². The van der Waals surface area contributed by atoms with Crippen LogP contribution in [0.15, 0.2) is 23.1 Å². The zero-order valence-electron chi connectivity index (χ0n) is 9.27. The Hall–Kier alpha value is -1.20. The molecule has 1 atom stereocenters. The fourth-order valence-electron chi connectivity index (χ4n) is 1.19. The second kappa shape index (κ2) is 5.77. The van der Waals surface area contributed by atoms with Crippen molar-refractivity contribution < 1.29 is 14.6 Å². The fourth-order valence-corrected chi connectivity index (χ4v) is 2.22. The number of rotatable bonds is 5. The number of methoxy groups -OCH3 is 1. The molecule has 0 aliphatic rings. The van der Waals surface area contributed by atoms with Crippen LogP contribution >= 0.6 is 11.8 Å². The fraction of sp³-hybridized carbons (Fsp3) is 0.364.